The molecule has 1 N–H and O–H groups in total. The molecule has 1 unspecified atom stereocenters. The van der Waals surface area contributed by atoms with Crippen molar-refractivity contribution in [1.82, 2.24) is 15.1 Å². The Morgan fingerprint density at radius 2 is 2.06 bits per heavy atom. The van der Waals surface area contributed by atoms with Gasteiger partial charge in [-0.3, -0.25) is 9.48 Å². The number of alkyl halides is 3. The van der Waals surface area contributed by atoms with Crippen LogP contribution in [0.25, 0.3) is 11.1 Å². The highest BCUT2D eigenvalue weighted by atomic mass is 32.2. The number of hydrogen-bond acceptors (Lipinski definition) is 6. The van der Waals surface area contributed by atoms with E-state index in [2.05, 4.69) is 10.4 Å². The second-order valence-electron chi connectivity index (χ2n) is 9.05. The highest BCUT2D eigenvalue weighted by Crippen LogP contribution is 2.42. The molecule has 0 bridgehead atoms. The summed E-state index contributed by atoms with van der Waals surface area (Å²) in [7, 11) is -2.84. The Morgan fingerprint density at radius 3 is 2.69 bits per heavy atom. The normalized spacial score (nSPS) is 21.5. The number of nitriles is 1. The number of benzene rings is 1. The molecule has 1 aromatic heterocycles. The molecule has 0 saturated heterocycles. The molecule has 2 aliphatic rings. The van der Waals surface area contributed by atoms with Gasteiger partial charge in [0, 0.05) is 24.8 Å². The summed E-state index contributed by atoms with van der Waals surface area (Å²) in [5.74, 6) is -1.08. The maximum atomic E-state index is 14.0. The van der Waals surface area contributed by atoms with Crippen LogP contribution in [0, 0.1) is 17.2 Å². The third kappa shape index (κ3) is 5.21. The average molecular weight is 511 g/mol. The molecular weight excluding hydrogens is 485 g/mol. The molecule has 1 heterocycles. The second-order valence-corrected chi connectivity index (χ2v) is 11.3. The van der Waals surface area contributed by atoms with Crippen LogP contribution in [0.15, 0.2) is 35.5 Å². The van der Waals surface area contributed by atoms with Crippen molar-refractivity contribution in [2.75, 3.05) is 13.7 Å². The van der Waals surface area contributed by atoms with E-state index < -0.39 is 49.1 Å². The van der Waals surface area contributed by atoms with Gasteiger partial charge in [0.1, 0.15) is 5.54 Å². The van der Waals surface area contributed by atoms with Crippen molar-refractivity contribution < 1.29 is 31.1 Å². The van der Waals surface area contributed by atoms with Gasteiger partial charge in [-0.25, -0.2) is 8.42 Å². The molecule has 188 valence electrons. The number of carbonyl (C=O) groups excluding carboxylic acids is 1. The first kappa shape index (κ1) is 25.2. The fourth-order valence-electron chi connectivity index (χ4n) is 4.37. The summed E-state index contributed by atoms with van der Waals surface area (Å²) < 4.78 is 75.0. The molecular formula is C23H25F3N4O4S. The maximum absolute atomic E-state index is 14.0. The number of aromatic nitrogens is 2. The van der Waals surface area contributed by atoms with Gasteiger partial charge >= 0.3 is 6.18 Å². The maximum Gasteiger partial charge on any atom is 0.417 e. The Balaban J connectivity index is 1.58. The highest BCUT2D eigenvalue weighted by molar-refractivity contribution is 7.92. The van der Waals surface area contributed by atoms with E-state index in [4.69, 9.17) is 10.00 Å². The third-order valence-corrected chi connectivity index (χ3v) is 8.88. The molecule has 1 amide bonds. The van der Waals surface area contributed by atoms with Crippen LogP contribution in [0.1, 0.15) is 37.7 Å². The lowest BCUT2D eigenvalue weighted by Crippen LogP contribution is -2.39. The van der Waals surface area contributed by atoms with Crippen molar-refractivity contribution >= 4 is 15.7 Å². The summed E-state index contributed by atoms with van der Waals surface area (Å²) in [5, 5.41) is 14.8. The molecule has 4 rings (SSSR count). The smallest absolute Gasteiger partial charge is 0.383 e. The molecule has 1 aromatic carbocycles. The molecule has 2 aliphatic carbocycles. The van der Waals surface area contributed by atoms with E-state index in [9.17, 15) is 26.4 Å². The van der Waals surface area contributed by atoms with E-state index >= 15 is 0 Å². The second kappa shape index (κ2) is 9.28. The number of hydrogen-bond donors (Lipinski definition) is 1. The van der Waals surface area contributed by atoms with Crippen LogP contribution < -0.4 is 5.32 Å². The number of carbonyl (C=O) groups is 1. The lowest BCUT2D eigenvalue weighted by molar-refractivity contribution is -0.139. The highest BCUT2D eigenvalue weighted by Gasteiger charge is 2.48. The summed E-state index contributed by atoms with van der Waals surface area (Å²) in [5.41, 5.74) is -1.52. The zero-order chi connectivity index (χ0) is 25.4. The number of sulfone groups is 1. The summed E-state index contributed by atoms with van der Waals surface area (Å²) >= 11 is 0. The topological polar surface area (TPSA) is 114 Å². The van der Waals surface area contributed by atoms with Crippen LogP contribution >= 0.6 is 0 Å². The SMILES string of the molecule is COCCn1cc(-c2ccc(S(=O)(=O)[C@@H]3CCC(C(=O)NC4(C#N)CC4)C3)c(C(F)(F)F)c2)cn1. The number of ether oxygens (including phenoxy) is 1. The van der Waals surface area contributed by atoms with Crippen LogP contribution in [0.2, 0.25) is 0 Å². The number of rotatable bonds is 8. The summed E-state index contributed by atoms with van der Waals surface area (Å²) in [6.45, 7) is 0.797. The van der Waals surface area contributed by atoms with Crippen LogP contribution in [0.5, 0.6) is 0 Å². The van der Waals surface area contributed by atoms with Crippen molar-refractivity contribution in [2.45, 2.75) is 60.5 Å². The molecule has 2 saturated carbocycles. The predicted octanol–water partition coefficient (Wildman–Crippen LogP) is 3.33. The minimum Gasteiger partial charge on any atom is -0.383 e. The molecule has 0 aliphatic heterocycles. The molecule has 35 heavy (non-hydrogen) atoms. The summed E-state index contributed by atoms with van der Waals surface area (Å²) in [6, 6.07) is 5.19. The van der Waals surface area contributed by atoms with Gasteiger partial charge in [-0.15, -0.1) is 0 Å². The fraction of sp³-hybridized carbons (Fsp3) is 0.522. The monoisotopic (exact) mass is 510 g/mol. The summed E-state index contributed by atoms with van der Waals surface area (Å²) in [4.78, 5) is 11.7. The Kier molecular flexibility index (Phi) is 6.68. The first-order valence-corrected chi connectivity index (χ1v) is 12.7. The first-order valence-electron chi connectivity index (χ1n) is 11.2. The Morgan fingerprint density at radius 1 is 1.31 bits per heavy atom. The Hall–Kier alpha value is -2.91. The number of nitrogens with zero attached hydrogens (tertiary/aromatic N) is 3. The van der Waals surface area contributed by atoms with E-state index in [1.807, 2.05) is 6.07 Å². The molecule has 2 fully saturated rings. The largest absolute Gasteiger partial charge is 0.417 e. The van der Waals surface area contributed by atoms with Gasteiger partial charge < -0.3 is 10.1 Å². The van der Waals surface area contributed by atoms with Gasteiger partial charge in [0.05, 0.1) is 41.1 Å². The molecule has 12 heteroatoms. The first-order chi connectivity index (χ1) is 16.5. The number of amides is 1. The van der Waals surface area contributed by atoms with Gasteiger partial charge in [-0.1, -0.05) is 6.07 Å². The van der Waals surface area contributed by atoms with Crippen molar-refractivity contribution in [3.8, 4) is 17.2 Å². The molecule has 0 spiro atoms. The van der Waals surface area contributed by atoms with E-state index in [1.54, 1.807) is 6.20 Å². The zero-order valence-electron chi connectivity index (χ0n) is 19.0. The van der Waals surface area contributed by atoms with E-state index in [0.29, 0.717) is 31.6 Å². The molecule has 0 radical (unpaired) electrons. The van der Waals surface area contributed by atoms with Gasteiger partial charge in [0.2, 0.25) is 5.91 Å². The van der Waals surface area contributed by atoms with E-state index in [-0.39, 0.29) is 24.8 Å². The lowest BCUT2D eigenvalue weighted by Gasteiger charge is -2.18. The standard InChI is InChI=1S/C23H25F3N4O4S/c1-34-9-8-30-13-17(12-28-30)15-3-5-20(19(11-15)23(24,25)26)35(32,33)18-4-2-16(10-18)21(31)29-22(14-27)6-7-22/h3,5,11-13,16,18H,2,4,6-10H2,1H3,(H,29,31)/t16?,18-/m1/s1. The van der Waals surface area contributed by atoms with Crippen LogP contribution in [0.3, 0.4) is 0 Å². The minimum absolute atomic E-state index is 0.0747. The van der Waals surface area contributed by atoms with Gasteiger partial charge in [0.25, 0.3) is 0 Å². The Bertz CT molecular complexity index is 1260. The third-order valence-electron chi connectivity index (χ3n) is 6.60. The predicted molar refractivity (Wildman–Crippen MR) is 119 cm³/mol. The molecule has 8 nitrogen and oxygen atoms in total. The number of methoxy groups -OCH3 is 1. The number of halogens is 3. The van der Waals surface area contributed by atoms with Crippen LogP contribution in [-0.2, 0) is 32.1 Å². The van der Waals surface area contributed by atoms with Crippen LogP contribution in [-0.4, -0.2) is 48.6 Å². The zero-order valence-corrected chi connectivity index (χ0v) is 19.8. The quantitative estimate of drug-likeness (QED) is 0.583. The average Bonchev–Trinajstić information content (AvgIpc) is 3.21. The van der Waals surface area contributed by atoms with Gasteiger partial charge in [0.15, 0.2) is 9.84 Å². The molecule has 2 aromatic rings. The van der Waals surface area contributed by atoms with E-state index in [1.165, 1.54) is 24.1 Å². The fourth-order valence-corrected chi connectivity index (χ4v) is 6.40. The molecule has 2 atom stereocenters. The van der Waals surface area contributed by atoms with Crippen LogP contribution in [0.4, 0.5) is 13.2 Å². The van der Waals surface area contributed by atoms with Gasteiger partial charge in [-0.2, -0.15) is 23.5 Å². The summed E-state index contributed by atoms with van der Waals surface area (Å²) in [6.07, 6.45) is -0.620. The number of nitrogens with one attached hydrogen (secondary N) is 1. The van der Waals surface area contributed by atoms with Crippen molar-refractivity contribution in [2.24, 2.45) is 5.92 Å². The van der Waals surface area contributed by atoms with Crippen molar-refractivity contribution in [1.29, 1.82) is 5.26 Å². The van der Waals surface area contributed by atoms with Crippen molar-refractivity contribution in [3.63, 3.8) is 0 Å². The van der Waals surface area contributed by atoms with E-state index in [0.717, 1.165) is 12.1 Å². The lowest BCUT2D eigenvalue weighted by atomic mass is 10.1. The Labute approximate surface area is 201 Å². The minimum atomic E-state index is -4.90. The van der Waals surface area contributed by atoms with Crippen molar-refractivity contribution in [3.05, 3.63) is 36.2 Å². The van der Waals surface area contributed by atoms with Gasteiger partial charge in [-0.05, 0) is 49.8 Å².